The first-order chi connectivity index (χ1) is 10.3. The van der Waals surface area contributed by atoms with Gasteiger partial charge in [-0.15, -0.1) is 0 Å². The fraction of sp³-hybridized carbons (Fsp3) is 0.533. The molecule has 0 aliphatic rings. The van der Waals surface area contributed by atoms with Crippen molar-refractivity contribution in [1.82, 2.24) is 10.6 Å². The van der Waals surface area contributed by atoms with Gasteiger partial charge >= 0.3 is 5.97 Å². The standard InChI is InChI=1S/C15H22N2O5/c1-9(2)8-11(15(20)21-4)17-13(18)10(3)16-14(19)12-6-5-7-22-12/h5-7,9-11H,8H2,1-4H3,(H,16,19)(H,17,18)/t10-,11+/m1/s1. The second-order valence-electron chi connectivity index (χ2n) is 5.39. The number of furan rings is 1. The lowest BCUT2D eigenvalue weighted by Gasteiger charge is -2.21. The second-order valence-corrected chi connectivity index (χ2v) is 5.39. The van der Waals surface area contributed by atoms with Gasteiger partial charge in [-0.3, -0.25) is 9.59 Å². The van der Waals surface area contributed by atoms with Gasteiger partial charge < -0.3 is 19.8 Å². The van der Waals surface area contributed by atoms with Gasteiger partial charge in [-0.1, -0.05) is 13.8 Å². The third kappa shape index (κ3) is 5.23. The van der Waals surface area contributed by atoms with Crippen LogP contribution < -0.4 is 10.6 Å². The summed E-state index contributed by atoms with van der Waals surface area (Å²) in [5.41, 5.74) is 0. The van der Waals surface area contributed by atoms with E-state index in [1.807, 2.05) is 13.8 Å². The lowest BCUT2D eigenvalue weighted by Crippen LogP contribution is -2.50. The van der Waals surface area contributed by atoms with E-state index in [2.05, 4.69) is 15.4 Å². The number of carbonyl (C=O) groups excluding carboxylic acids is 3. The maximum absolute atomic E-state index is 12.1. The van der Waals surface area contributed by atoms with Crippen LogP contribution in [-0.4, -0.2) is 37.0 Å². The van der Waals surface area contributed by atoms with Gasteiger partial charge in [0.2, 0.25) is 5.91 Å². The molecule has 2 amide bonds. The topological polar surface area (TPSA) is 97.6 Å². The SMILES string of the molecule is COC(=O)[C@H](CC(C)C)NC(=O)[C@@H](C)NC(=O)c1ccco1. The number of ether oxygens (including phenoxy) is 1. The third-order valence-corrected chi connectivity index (χ3v) is 3.00. The lowest BCUT2D eigenvalue weighted by molar-refractivity contribution is -0.145. The molecule has 0 unspecified atom stereocenters. The molecular formula is C15H22N2O5. The van der Waals surface area contributed by atoms with Crippen LogP contribution in [0.1, 0.15) is 37.7 Å². The number of hydrogen-bond acceptors (Lipinski definition) is 5. The van der Waals surface area contributed by atoms with Crippen LogP contribution in [0.2, 0.25) is 0 Å². The van der Waals surface area contributed by atoms with Crippen molar-refractivity contribution in [3.63, 3.8) is 0 Å². The summed E-state index contributed by atoms with van der Waals surface area (Å²) in [6.07, 6.45) is 1.83. The molecule has 0 aromatic carbocycles. The zero-order chi connectivity index (χ0) is 16.7. The van der Waals surface area contributed by atoms with Crippen molar-refractivity contribution in [2.24, 2.45) is 5.92 Å². The Balaban J connectivity index is 2.60. The summed E-state index contributed by atoms with van der Waals surface area (Å²) in [6, 6.07) is 1.53. The Morgan fingerprint density at radius 3 is 2.41 bits per heavy atom. The molecule has 2 N–H and O–H groups in total. The number of esters is 1. The zero-order valence-corrected chi connectivity index (χ0v) is 13.2. The molecule has 0 spiro atoms. The number of rotatable bonds is 7. The summed E-state index contributed by atoms with van der Waals surface area (Å²) in [6.45, 7) is 5.40. The molecule has 0 aliphatic carbocycles. The van der Waals surface area contributed by atoms with E-state index in [4.69, 9.17) is 4.42 Å². The Labute approximate surface area is 129 Å². The van der Waals surface area contributed by atoms with Crippen molar-refractivity contribution in [1.29, 1.82) is 0 Å². The molecular weight excluding hydrogens is 288 g/mol. The van der Waals surface area contributed by atoms with Crippen molar-refractivity contribution in [3.8, 4) is 0 Å². The summed E-state index contributed by atoms with van der Waals surface area (Å²) in [5.74, 6) is -1.14. The number of nitrogens with one attached hydrogen (secondary N) is 2. The van der Waals surface area contributed by atoms with E-state index in [0.29, 0.717) is 6.42 Å². The summed E-state index contributed by atoms with van der Waals surface area (Å²) in [5, 5.41) is 5.09. The van der Waals surface area contributed by atoms with Gasteiger partial charge in [-0.25, -0.2) is 4.79 Å². The van der Waals surface area contributed by atoms with Crippen LogP contribution in [0.3, 0.4) is 0 Å². The van der Waals surface area contributed by atoms with Gasteiger partial charge in [0.1, 0.15) is 12.1 Å². The van der Waals surface area contributed by atoms with E-state index in [0.717, 1.165) is 0 Å². The van der Waals surface area contributed by atoms with Crippen LogP contribution >= 0.6 is 0 Å². The van der Waals surface area contributed by atoms with Gasteiger partial charge in [-0.2, -0.15) is 0 Å². The third-order valence-electron chi connectivity index (χ3n) is 3.00. The predicted octanol–water partition coefficient (Wildman–Crippen LogP) is 1.10. The smallest absolute Gasteiger partial charge is 0.328 e. The molecule has 7 nitrogen and oxygen atoms in total. The minimum absolute atomic E-state index is 0.117. The first-order valence-corrected chi connectivity index (χ1v) is 7.07. The number of carbonyl (C=O) groups is 3. The van der Waals surface area contributed by atoms with Crippen molar-refractivity contribution < 1.29 is 23.5 Å². The highest BCUT2D eigenvalue weighted by atomic mass is 16.5. The number of methoxy groups -OCH3 is 1. The predicted molar refractivity (Wildman–Crippen MR) is 79.0 cm³/mol. The Bertz CT molecular complexity index is 510. The fourth-order valence-corrected chi connectivity index (χ4v) is 1.87. The van der Waals surface area contributed by atoms with Crippen LogP contribution in [-0.2, 0) is 14.3 Å². The highest BCUT2D eigenvalue weighted by molar-refractivity contribution is 5.96. The summed E-state index contributed by atoms with van der Waals surface area (Å²) in [4.78, 5) is 35.6. The van der Waals surface area contributed by atoms with Crippen molar-refractivity contribution in [2.75, 3.05) is 7.11 Å². The Hall–Kier alpha value is -2.31. The van der Waals surface area contributed by atoms with Crippen LogP contribution in [0.5, 0.6) is 0 Å². The average Bonchev–Trinajstić information content (AvgIpc) is 2.99. The van der Waals surface area contributed by atoms with Gasteiger partial charge in [0.25, 0.3) is 5.91 Å². The molecule has 0 fully saturated rings. The lowest BCUT2D eigenvalue weighted by atomic mass is 10.0. The number of hydrogen-bond donors (Lipinski definition) is 2. The monoisotopic (exact) mass is 310 g/mol. The molecule has 2 atom stereocenters. The first-order valence-electron chi connectivity index (χ1n) is 7.07. The largest absolute Gasteiger partial charge is 0.467 e. The Morgan fingerprint density at radius 1 is 1.23 bits per heavy atom. The van der Waals surface area contributed by atoms with E-state index >= 15 is 0 Å². The maximum Gasteiger partial charge on any atom is 0.328 e. The maximum atomic E-state index is 12.1. The highest BCUT2D eigenvalue weighted by Crippen LogP contribution is 2.07. The van der Waals surface area contributed by atoms with Crippen LogP contribution in [0.15, 0.2) is 22.8 Å². The molecule has 0 aliphatic heterocycles. The summed E-state index contributed by atoms with van der Waals surface area (Å²) >= 11 is 0. The van der Waals surface area contributed by atoms with Crippen molar-refractivity contribution >= 4 is 17.8 Å². The minimum Gasteiger partial charge on any atom is -0.467 e. The van der Waals surface area contributed by atoms with E-state index in [1.165, 1.54) is 26.4 Å². The highest BCUT2D eigenvalue weighted by Gasteiger charge is 2.26. The van der Waals surface area contributed by atoms with Crippen LogP contribution in [0.4, 0.5) is 0 Å². The van der Waals surface area contributed by atoms with E-state index in [1.54, 1.807) is 6.07 Å². The Morgan fingerprint density at radius 2 is 1.91 bits per heavy atom. The molecule has 122 valence electrons. The quantitative estimate of drug-likeness (QED) is 0.735. The average molecular weight is 310 g/mol. The molecule has 0 bridgehead atoms. The van der Waals surface area contributed by atoms with E-state index < -0.39 is 29.9 Å². The molecule has 1 aromatic rings. The molecule has 22 heavy (non-hydrogen) atoms. The van der Waals surface area contributed by atoms with E-state index in [-0.39, 0.29) is 11.7 Å². The summed E-state index contributed by atoms with van der Waals surface area (Å²) in [7, 11) is 1.27. The zero-order valence-electron chi connectivity index (χ0n) is 13.2. The van der Waals surface area contributed by atoms with Gasteiger partial charge in [0.15, 0.2) is 5.76 Å². The normalized spacial score (nSPS) is 13.3. The molecule has 7 heteroatoms. The molecule has 1 rings (SSSR count). The molecule has 0 radical (unpaired) electrons. The minimum atomic E-state index is -0.808. The van der Waals surface area contributed by atoms with Crippen molar-refractivity contribution in [2.45, 2.75) is 39.3 Å². The van der Waals surface area contributed by atoms with Crippen LogP contribution in [0.25, 0.3) is 0 Å². The van der Waals surface area contributed by atoms with Gasteiger partial charge in [-0.05, 0) is 31.4 Å². The Kier molecular flexibility index (Phi) is 6.62. The number of amides is 2. The van der Waals surface area contributed by atoms with Gasteiger partial charge in [0, 0.05) is 0 Å². The molecule has 0 saturated heterocycles. The second kappa shape index (κ2) is 8.21. The fourth-order valence-electron chi connectivity index (χ4n) is 1.87. The van der Waals surface area contributed by atoms with E-state index in [9.17, 15) is 14.4 Å². The van der Waals surface area contributed by atoms with Crippen molar-refractivity contribution in [3.05, 3.63) is 24.2 Å². The molecule has 1 aromatic heterocycles. The molecule has 0 saturated carbocycles. The molecule has 1 heterocycles. The summed E-state index contributed by atoms with van der Waals surface area (Å²) < 4.78 is 9.63. The van der Waals surface area contributed by atoms with Crippen LogP contribution in [0, 0.1) is 5.92 Å². The van der Waals surface area contributed by atoms with Gasteiger partial charge in [0.05, 0.1) is 13.4 Å². The first kappa shape index (κ1) is 17.7.